The van der Waals surface area contributed by atoms with Gasteiger partial charge in [-0.3, -0.25) is 9.78 Å². The first-order chi connectivity index (χ1) is 11.4. The number of aryl methyl sites for hydroxylation is 1. The Morgan fingerprint density at radius 2 is 1.75 bits per heavy atom. The maximum absolute atomic E-state index is 12.6. The number of nitrogens with zero attached hydrogens (tertiary/aromatic N) is 1. The summed E-state index contributed by atoms with van der Waals surface area (Å²) in [5.41, 5.74) is 1.37. The summed E-state index contributed by atoms with van der Waals surface area (Å²) in [4.78, 5) is 16.6. The van der Waals surface area contributed by atoms with E-state index in [0.29, 0.717) is 11.2 Å². The van der Waals surface area contributed by atoms with Crippen molar-refractivity contribution < 1.29 is 18.0 Å². The Balaban J connectivity index is 1.92. The van der Waals surface area contributed by atoms with Crippen LogP contribution in [-0.4, -0.2) is 10.9 Å². The molecular formula is C18H13F3N2O. The Morgan fingerprint density at radius 3 is 2.42 bits per heavy atom. The van der Waals surface area contributed by atoms with Crippen molar-refractivity contribution in [2.24, 2.45) is 0 Å². The number of nitrogens with one attached hydrogen (secondary N) is 1. The molecule has 1 heterocycles. The summed E-state index contributed by atoms with van der Waals surface area (Å²) in [7, 11) is 0. The van der Waals surface area contributed by atoms with Crippen LogP contribution >= 0.6 is 0 Å². The highest BCUT2D eigenvalue weighted by Crippen LogP contribution is 2.29. The number of aromatic nitrogens is 1. The van der Waals surface area contributed by atoms with Gasteiger partial charge in [0, 0.05) is 17.1 Å². The van der Waals surface area contributed by atoms with E-state index in [1.807, 2.05) is 25.1 Å². The lowest BCUT2D eigenvalue weighted by atomic mass is 10.1. The van der Waals surface area contributed by atoms with Crippen LogP contribution in [-0.2, 0) is 6.18 Å². The molecular weight excluding hydrogens is 317 g/mol. The number of fused-ring (bicyclic) bond motifs is 1. The SMILES string of the molecule is Cc1ccc2cccnc2c1NC(=O)c1ccc(C(F)(F)F)cc1. The highest BCUT2D eigenvalue weighted by atomic mass is 19.4. The van der Waals surface area contributed by atoms with Crippen molar-refractivity contribution in [3.8, 4) is 0 Å². The third-order valence-corrected chi connectivity index (χ3v) is 3.70. The molecule has 24 heavy (non-hydrogen) atoms. The molecule has 0 bridgehead atoms. The molecule has 0 saturated heterocycles. The number of hydrogen-bond acceptors (Lipinski definition) is 2. The first kappa shape index (κ1) is 16.0. The number of benzene rings is 2. The molecule has 0 aliphatic rings. The first-order valence-electron chi connectivity index (χ1n) is 7.19. The molecule has 3 nitrogen and oxygen atoms in total. The normalized spacial score (nSPS) is 11.5. The summed E-state index contributed by atoms with van der Waals surface area (Å²) >= 11 is 0. The smallest absolute Gasteiger partial charge is 0.320 e. The fourth-order valence-corrected chi connectivity index (χ4v) is 2.40. The molecule has 122 valence electrons. The van der Waals surface area contributed by atoms with Crippen LogP contribution in [0, 0.1) is 6.92 Å². The van der Waals surface area contributed by atoms with Gasteiger partial charge in [-0.25, -0.2) is 0 Å². The molecule has 1 amide bonds. The Morgan fingerprint density at radius 1 is 1.04 bits per heavy atom. The lowest BCUT2D eigenvalue weighted by molar-refractivity contribution is -0.137. The summed E-state index contributed by atoms with van der Waals surface area (Å²) in [6, 6.07) is 11.5. The molecule has 2 aromatic carbocycles. The number of hydrogen-bond donors (Lipinski definition) is 1. The van der Waals surface area contributed by atoms with Crippen molar-refractivity contribution in [2.75, 3.05) is 5.32 Å². The van der Waals surface area contributed by atoms with E-state index in [9.17, 15) is 18.0 Å². The van der Waals surface area contributed by atoms with Crippen LogP contribution < -0.4 is 5.32 Å². The summed E-state index contributed by atoms with van der Waals surface area (Å²) in [6.07, 6.45) is -2.80. The predicted molar refractivity (Wildman–Crippen MR) is 85.9 cm³/mol. The van der Waals surface area contributed by atoms with Crippen molar-refractivity contribution >= 4 is 22.5 Å². The average Bonchev–Trinajstić information content (AvgIpc) is 2.56. The van der Waals surface area contributed by atoms with Crippen LogP contribution in [0.4, 0.5) is 18.9 Å². The molecule has 0 aliphatic heterocycles. The van der Waals surface area contributed by atoms with Crippen LogP contribution in [0.1, 0.15) is 21.5 Å². The number of amides is 1. The minimum Gasteiger partial charge on any atom is -0.320 e. The third kappa shape index (κ3) is 3.08. The zero-order chi connectivity index (χ0) is 17.3. The van der Waals surface area contributed by atoms with E-state index in [1.54, 1.807) is 12.3 Å². The number of carbonyl (C=O) groups is 1. The highest BCUT2D eigenvalue weighted by molar-refractivity contribution is 6.09. The lowest BCUT2D eigenvalue weighted by Crippen LogP contribution is -2.14. The van der Waals surface area contributed by atoms with E-state index in [-0.39, 0.29) is 5.56 Å². The maximum atomic E-state index is 12.6. The van der Waals surface area contributed by atoms with Crippen molar-refractivity contribution in [1.82, 2.24) is 4.98 Å². The topological polar surface area (TPSA) is 42.0 Å². The molecule has 0 saturated carbocycles. The first-order valence-corrected chi connectivity index (χ1v) is 7.19. The Bertz CT molecular complexity index is 902. The zero-order valence-electron chi connectivity index (χ0n) is 12.7. The van der Waals surface area contributed by atoms with Crippen molar-refractivity contribution in [1.29, 1.82) is 0 Å². The second-order valence-electron chi connectivity index (χ2n) is 5.36. The fraction of sp³-hybridized carbons (Fsp3) is 0.111. The largest absolute Gasteiger partial charge is 0.416 e. The van der Waals surface area contributed by atoms with E-state index < -0.39 is 17.6 Å². The molecule has 0 atom stereocenters. The van der Waals surface area contributed by atoms with Crippen LogP contribution in [0.3, 0.4) is 0 Å². The monoisotopic (exact) mass is 330 g/mol. The van der Waals surface area contributed by atoms with Gasteiger partial charge in [0.15, 0.2) is 0 Å². The van der Waals surface area contributed by atoms with Gasteiger partial charge in [-0.1, -0.05) is 18.2 Å². The molecule has 0 fully saturated rings. The Hall–Kier alpha value is -2.89. The molecule has 0 radical (unpaired) electrons. The second-order valence-corrected chi connectivity index (χ2v) is 5.36. The van der Waals surface area contributed by atoms with Crippen LogP contribution in [0.2, 0.25) is 0 Å². The summed E-state index contributed by atoms with van der Waals surface area (Å²) in [5.74, 6) is -0.482. The molecule has 3 rings (SSSR count). The molecule has 1 N–H and O–H groups in total. The molecule has 0 aliphatic carbocycles. The predicted octanol–water partition coefficient (Wildman–Crippen LogP) is 4.81. The number of pyridine rings is 1. The van der Waals surface area contributed by atoms with Gasteiger partial charge in [0.2, 0.25) is 0 Å². The van der Waals surface area contributed by atoms with Crippen LogP contribution in [0.25, 0.3) is 10.9 Å². The molecule has 3 aromatic rings. The number of carbonyl (C=O) groups excluding carboxylic acids is 1. The number of rotatable bonds is 2. The van der Waals surface area contributed by atoms with Gasteiger partial charge in [0.1, 0.15) is 0 Å². The Kier molecular flexibility index (Phi) is 3.97. The van der Waals surface area contributed by atoms with E-state index in [4.69, 9.17) is 0 Å². The van der Waals surface area contributed by atoms with E-state index in [0.717, 1.165) is 35.2 Å². The maximum Gasteiger partial charge on any atom is 0.416 e. The van der Waals surface area contributed by atoms with E-state index in [2.05, 4.69) is 10.3 Å². The molecule has 6 heteroatoms. The van der Waals surface area contributed by atoms with E-state index >= 15 is 0 Å². The van der Waals surface area contributed by atoms with Crippen molar-refractivity contribution in [3.05, 3.63) is 71.4 Å². The summed E-state index contributed by atoms with van der Waals surface area (Å²) < 4.78 is 37.8. The number of anilines is 1. The molecule has 0 unspecified atom stereocenters. The zero-order valence-corrected chi connectivity index (χ0v) is 12.7. The lowest BCUT2D eigenvalue weighted by Gasteiger charge is -2.12. The van der Waals surface area contributed by atoms with Gasteiger partial charge in [-0.15, -0.1) is 0 Å². The quantitative estimate of drug-likeness (QED) is 0.732. The van der Waals surface area contributed by atoms with Crippen LogP contribution in [0.15, 0.2) is 54.7 Å². The van der Waals surface area contributed by atoms with Gasteiger partial charge in [-0.2, -0.15) is 13.2 Å². The van der Waals surface area contributed by atoms with Gasteiger partial charge < -0.3 is 5.32 Å². The Labute approximate surface area is 136 Å². The third-order valence-electron chi connectivity index (χ3n) is 3.70. The molecule has 1 aromatic heterocycles. The van der Waals surface area contributed by atoms with Gasteiger partial charge >= 0.3 is 6.18 Å². The highest BCUT2D eigenvalue weighted by Gasteiger charge is 2.30. The van der Waals surface area contributed by atoms with Crippen LogP contribution in [0.5, 0.6) is 0 Å². The summed E-state index contributed by atoms with van der Waals surface area (Å²) in [6.45, 7) is 1.83. The minimum absolute atomic E-state index is 0.148. The number of halogens is 3. The minimum atomic E-state index is -4.43. The van der Waals surface area contributed by atoms with E-state index in [1.165, 1.54) is 0 Å². The average molecular weight is 330 g/mol. The second kappa shape index (κ2) is 5.96. The van der Waals surface area contributed by atoms with Gasteiger partial charge in [0.05, 0.1) is 16.8 Å². The number of alkyl halides is 3. The molecule has 0 spiro atoms. The van der Waals surface area contributed by atoms with Gasteiger partial charge in [-0.05, 0) is 42.8 Å². The standard InChI is InChI=1S/C18H13F3N2O/c1-11-4-5-12-3-2-10-22-16(12)15(11)23-17(24)13-6-8-14(9-7-13)18(19,20)21/h2-10H,1H3,(H,23,24). The van der Waals surface area contributed by atoms with Crippen molar-refractivity contribution in [3.63, 3.8) is 0 Å². The fourth-order valence-electron chi connectivity index (χ4n) is 2.40. The summed E-state index contributed by atoms with van der Waals surface area (Å²) in [5, 5.41) is 3.61. The van der Waals surface area contributed by atoms with Crippen molar-refractivity contribution in [2.45, 2.75) is 13.1 Å². The van der Waals surface area contributed by atoms with Gasteiger partial charge in [0.25, 0.3) is 5.91 Å².